The van der Waals surface area contributed by atoms with E-state index in [0.29, 0.717) is 32.1 Å². The first-order chi connectivity index (χ1) is 13.8. The fourth-order valence-corrected chi connectivity index (χ4v) is 3.26. The molecule has 3 heterocycles. The van der Waals surface area contributed by atoms with Gasteiger partial charge in [-0.2, -0.15) is 23.1 Å². The van der Waals surface area contributed by atoms with E-state index >= 15 is 0 Å². The van der Waals surface area contributed by atoms with Crippen molar-refractivity contribution in [2.45, 2.75) is 24.8 Å². The fraction of sp³-hybridized carbons (Fsp3) is 0.500. The zero-order chi connectivity index (χ0) is 21.2. The van der Waals surface area contributed by atoms with E-state index in [2.05, 4.69) is 32.0 Å². The van der Waals surface area contributed by atoms with Gasteiger partial charge in [-0.3, -0.25) is 9.36 Å². The Morgan fingerprint density at radius 1 is 1.31 bits per heavy atom. The van der Waals surface area contributed by atoms with Crippen LogP contribution in [0.4, 0.5) is 19.1 Å². The number of rotatable bonds is 4. The number of aromatic nitrogens is 4. The Bertz CT molecular complexity index is 1050. The van der Waals surface area contributed by atoms with E-state index in [1.54, 1.807) is 6.92 Å². The van der Waals surface area contributed by atoms with Crippen LogP contribution in [0.2, 0.25) is 0 Å². The van der Waals surface area contributed by atoms with Crippen LogP contribution < -0.4 is 20.6 Å². The number of carbonyl (C=O) groups excluding carboxylic acids is 1. The number of hydrogen-bond donors (Lipinski definition) is 1. The number of piperazine rings is 1. The van der Waals surface area contributed by atoms with Gasteiger partial charge in [0.25, 0.3) is 0 Å². The Hall–Kier alpha value is -2.72. The zero-order valence-electron chi connectivity index (χ0n) is 15.5. The van der Waals surface area contributed by atoms with Crippen LogP contribution >= 0.6 is 11.8 Å². The number of halogens is 3. The average molecular weight is 430 g/mol. The second-order valence-electron chi connectivity index (χ2n) is 5.91. The van der Waals surface area contributed by atoms with Crippen molar-refractivity contribution in [1.82, 2.24) is 24.6 Å². The van der Waals surface area contributed by atoms with Crippen molar-refractivity contribution >= 4 is 34.8 Å². The van der Waals surface area contributed by atoms with Gasteiger partial charge >= 0.3 is 17.7 Å². The molecule has 0 radical (unpaired) electrons. The molecule has 3 rings (SSSR count). The van der Waals surface area contributed by atoms with Gasteiger partial charge in [-0.15, -0.1) is 10.7 Å². The van der Waals surface area contributed by atoms with Crippen molar-refractivity contribution in [1.29, 1.82) is 0 Å². The molecule has 1 N–H and O–H groups in total. The summed E-state index contributed by atoms with van der Waals surface area (Å²) in [6.45, 7) is 4.36. The third-order valence-electron chi connectivity index (χ3n) is 4.09. The van der Waals surface area contributed by atoms with Gasteiger partial charge in [0.05, 0.1) is 6.54 Å². The van der Waals surface area contributed by atoms with Gasteiger partial charge in [0.15, 0.2) is 11.2 Å². The number of fused-ring (bicyclic) bond motifs is 1. The smallest absolute Gasteiger partial charge is 0.340 e. The molecule has 0 atom stereocenters. The second-order valence-corrected chi connectivity index (χ2v) is 6.68. The van der Waals surface area contributed by atoms with Gasteiger partial charge in [-0.05, 0) is 13.2 Å². The van der Waals surface area contributed by atoms with Crippen molar-refractivity contribution in [3.8, 4) is 11.8 Å². The van der Waals surface area contributed by atoms with Crippen LogP contribution in [0.5, 0.6) is 0 Å². The molecular weight excluding hydrogens is 413 g/mol. The zero-order valence-corrected chi connectivity index (χ0v) is 16.4. The van der Waals surface area contributed by atoms with E-state index in [1.807, 2.05) is 4.90 Å². The summed E-state index contributed by atoms with van der Waals surface area (Å²) < 4.78 is 39.7. The van der Waals surface area contributed by atoms with Gasteiger partial charge in [-0.25, -0.2) is 4.79 Å². The summed E-state index contributed by atoms with van der Waals surface area (Å²) >= 11 is 0.852. The lowest BCUT2D eigenvalue weighted by atomic mass is 10.4. The molecule has 0 aliphatic carbocycles. The SMILES string of the molecule is CC#CCn1c(N2CCNCC2)nc2nc(SC)n(OC(=O)C(F)(F)F)c(=O)c21. The normalized spacial score (nSPS) is 14.6. The summed E-state index contributed by atoms with van der Waals surface area (Å²) in [5.74, 6) is 3.45. The van der Waals surface area contributed by atoms with E-state index in [1.165, 1.54) is 10.8 Å². The molecule has 0 amide bonds. The average Bonchev–Trinajstić information content (AvgIpc) is 3.06. The lowest BCUT2D eigenvalue weighted by molar-refractivity contribution is -0.201. The maximum absolute atomic E-state index is 13.0. The van der Waals surface area contributed by atoms with E-state index in [-0.39, 0.29) is 27.6 Å². The van der Waals surface area contributed by atoms with E-state index in [9.17, 15) is 22.8 Å². The summed E-state index contributed by atoms with van der Waals surface area (Å²) in [5, 5.41) is 2.98. The number of anilines is 1. The van der Waals surface area contributed by atoms with Crippen molar-refractivity contribution in [2.24, 2.45) is 0 Å². The largest absolute Gasteiger partial charge is 0.493 e. The molecule has 0 spiro atoms. The van der Waals surface area contributed by atoms with Gasteiger partial charge < -0.3 is 15.1 Å². The molecular formula is C16H17F3N6O3S. The van der Waals surface area contributed by atoms with Crippen molar-refractivity contribution in [3.05, 3.63) is 10.4 Å². The monoisotopic (exact) mass is 430 g/mol. The highest BCUT2D eigenvalue weighted by Gasteiger charge is 2.42. The minimum absolute atomic E-state index is 0.0464. The maximum Gasteiger partial charge on any atom is 0.493 e. The highest BCUT2D eigenvalue weighted by Crippen LogP contribution is 2.22. The molecule has 29 heavy (non-hydrogen) atoms. The Morgan fingerprint density at radius 3 is 2.59 bits per heavy atom. The predicted molar refractivity (Wildman–Crippen MR) is 99.7 cm³/mol. The first-order valence-electron chi connectivity index (χ1n) is 8.50. The minimum atomic E-state index is -5.26. The minimum Gasteiger partial charge on any atom is -0.340 e. The number of hydrogen-bond acceptors (Lipinski definition) is 8. The van der Waals surface area contributed by atoms with Crippen molar-refractivity contribution < 1.29 is 22.8 Å². The number of alkyl halides is 3. The van der Waals surface area contributed by atoms with E-state index in [0.717, 1.165) is 11.8 Å². The lowest BCUT2D eigenvalue weighted by Gasteiger charge is -2.28. The molecule has 9 nitrogen and oxygen atoms in total. The van der Waals surface area contributed by atoms with Gasteiger partial charge in [0.2, 0.25) is 11.1 Å². The molecule has 1 aliphatic rings. The standard InChI is InChI=1S/C16H17F3N6O3S/c1-3-4-7-24-10-11(21-14(24)23-8-5-20-6-9-23)22-15(29-2)25(12(10)26)28-13(27)16(17,18)19/h20H,5-9H2,1-2H3. The lowest BCUT2D eigenvalue weighted by Crippen LogP contribution is -2.44. The number of nitrogens with one attached hydrogen (secondary N) is 1. The summed E-state index contributed by atoms with van der Waals surface area (Å²) in [6, 6.07) is 0. The Labute approximate surface area is 167 Å². The molecule has 0 aromatic carbocycles. The Balaban J connectivity index is 2.20. The van der Waals surface area contributed by atoms with Gasteiger partial charge in [0.1, 0.15) is 0 Å². The molecule has 1 saturated heterocycles. The van der Waals surface area contributed by atoms with E-state index < -0.39 is 17.7 Å². The molecule has 156 valence electrons. The molecule has 13 heteroatoms. The maximum atomic E-state index is 13.0. The summed E-state index contributed by atoms with van der Waals surface area (Å²) in [7, 11) is 0. The first kappa shape index (κ1) is 21.0. The van der Waals surface area contributed by atoms with Gasteiger partial charge in [0, 0.05) is 26.2 Å². The molecule has 1 aliphatic heterocycles. The van der Waals surface area contributed by atoms with Crippen LogP contribution in [-0.2, 0) is 11.3 Å². The van der Waals surface area contributed by atoms with Crippen LogP contribution in [-0.4, -0.2) is 63.8 Å². The highest BCUT2D eigenvalue weighted by molar-refractivity contribution is 7.98. The molecule has 0 bridgehead atoms. The van der Waals surface area contributed by atoms with Crippen molar-refractivity contribution in [2.75, 3.05) is 37.3 Å². The third-order valence-corrected chi connectivity index (χ3v) is 4.72. The Kier molecular flexibility index (Phi) is 6.04. The molecule has 2 aromatic heterocycles. The topological polar surface area (TPSA) is 94.3 Å². The number of thioether (sulfide) groups is 1. The van der Waals surface area contributed by atoms with Crippen LogP contribution in [0, 0.1) is 11.8 Å². The predicted octanol–water partition coefficient (Wildman–Crippen LogP) is 0.265. The quantitative estimate of drug-likeness (QED) is 0.420. The highest BCUT2D eigenvalue weighted by atomic mass is 32.2. The first-order valence-corrected chi connectivity index (χ1v) is 9.72. The number of carbonyl (C=O) groups is 1. The van der Waals surface area contributed by atoms with Crippen LogP contribution in [0.3, 0.4) is 0 Å². The third kappa shape index (κ3) is 4.18. The molecule has 2 aromatic rings. The molecule has 0 saturated carbocycles. The number of nitrogens with zero attached hydrogens (tertiary/aromatic N) is 5. The second kappa shape index (κ2) is 8.34. The number of imidazole rings is 1. The van der Waals surface area contributed by atoms with E-state index in [4.69, 9.17) is 0 Å². The summed E-state index contributed by atoms with van der Waals surface area (Å²) in [5.41, 5.74) is -1.01. The molecule has 1 fully saturated rings. The van der Waals surface area contributed by atoms with Crippen molar-refractivity contribution in [3.63, 3.8) is 0 Å². The van der Waals surface area contributed by atoms with Crippen LogP contribution in [0.1, 0.15) is 6.92 Å². The van der Waals surface area contributed by atoms with Crippen LogP contribution in [0.15, 0.2) is 9.95 Å². The fourth-order valence-electron chi connectivity index (χ4n) is 2.79. The molecule has 0 unspecified atom stereocenters. The Morgan fingerprint density at radius 2 is 2.00 bits per heavy atom. The summed E-state index contributed by atoms with van der Waals surface area (Å²) in [6.07, 6.45) is -3.77. The van der Waals surface area contributed by atoms with Gasteiger partial charge in [-0.1, -0.05) is 17.7 Å². The summed E-state index contributed by atoms with van der Waals surface area (Å²) in [4.78, 5) is 39.1. The van der Waals surface area contributed by atoms with Crippen LogP contribution in [0.25, 0.3) is 11.2 Å².